The van der Waals surface area contributed by atoms with Crippen LogP contribution in [-0.4, -0.2) is 32.6 Å². The third kappa shape index (κ3) is 8.48. The Morgan fingerprint density at radius 1 is 0.826 bits per heavy atom. The maximum Gasteiger partial charge on any atom is 0.157 e. The lowest BCUT2D eigenvalue weighted by Gasteiger charge is -2.44. The van der Waals surface area contributed by atoms with Crippen LogP contribution in [0.3, 0.4) is 0 Å². The molecule has 140 valence electrons. The molecule has 23 heavy (non-hydrogen) atoms. The molecule has 0 bridgehead atoms. The maximum atomic E-state index is 5.89. The van der Waals surface area contributed by atoms with Gasteiger partial charge in [-0.05, 0) is 70.4 Å². The van der Waals surface area contributed by atoms with Crippen LogP contribution in [0.4, 0.5) is 0 Å². The van der Waals surface area contributed by atoms with Crippen molar-refractivity contribution in [2.45, 2.75) is 85.4 Å². The fourth-order valence-electron chi connectivity index (χ4n) is 3.35. The van der Waals surface area contributed by atoms with Gasteiger partial charge >= 0.3 is 0 Å². The van der Waals surface area contributed by atoms with E-state index in [1.807, 2.05) is 27.7 Å². The van der Waals surface area contributed by atoms with E-state index in [1.54, 1.807) is 0 Å². The zero-order valence-corrected chi connectivity index (χ0v) is 16.1. The summed E-state index contributed by atoms with van der Waals surface area (Å²) < 4.78 is 11.8. The molecule has 1 saturated carbocycles. The van der Waals surface area contributed by atoms with Gasteiger partial charge in [-0.2, -0.15) is 0 Å². The van der Waals surface area contributed by atoms with Crippen molar-refractivity contribution in [3.05, 3.63) is 0 Å². The van der Waals surface area contributed by atoms with Crippen molar-refractivity contribution in [1.82, 2.24) is 0 Å². The predicted octanol–water partition coefficient (Wildman–Crippen LogP) is 4.07. The zero-order chi connectivity index (χ0) is 17.6. The number of nitrogens with two attached hydrogens (primary N) is 2. The summed E-state index contributed by atoms with van der Waals surface area (Å²) >= 11 is 0. The average molecular weight is 331 g/mol. The standard InChI is InChI=1S/C15H30N2O2.2C2H6/c16-9-1-3-13-5-7-15(8-6-13)11-18-14(19-12-15)4-2-10-17;2*1-2/h13-14H,1-12,16-17H2;2*1-2H3. The fourth-order valence-corrected chi connectivity index (χ4v) is 3.35. The molecule has 0 radical (unpaired) electrons. The smallest absolute Gasteiger partial charge is 0.157 e. The van der Waals surface area contributed by atoms with Crippen LogP contribution < -0.4 is 11.5 Å². The topological polar surface area (TPSA) is 70.5 Å². The van der Waals surface area contributed by atoms with Crippen molar-refractivity contribution >= 4 is 0 Å². The van der Waals surface area contributed by atoms with Gasteiger partial charge in [0.15, 0.2) is 6.29 Å². The first-order valence-corrected chi connectivity index (χ1v) is 9.91. The Bertz CT molecular complexity index is 216. The number of hydrogen-bond acceptors (Lipinski definition) is 4. The molecule has 1 heterocycles. The minimum atomic E-state index is -0.0101. The van der Waals surface area contributed by atoms with Gasteiger partial charge in [-0.15, -0.1) is 0 Å². The van der Waals surface area contributed by atoms with Gasteiger partial charge in [0, 0.05) is 5.41 Å². The van der Waals surface area contributed by atoms with Crippen LogP contribution in [0.25, 0.3) is 0 Å². The Morgan fingerprint density at radius 3 is 1.78 bits per heavy atom. The molecule has 4 heteroatoms. The third-order valence-corrected chi connectivity index (χ3v) is 4.78. The molecule has 4 N–H and O–H groups in total. The van der Waals surface area contributed by atoms with Gasteiger partial charge in [0.1, 0.15) is 0 Å². The number of hydrogen-bond donors (Lipinski definition) is 2. The maximum absolute atomic E-state index is 5.89. The first-order valence-electron chi connectivity index (χ1n) is 9.91. The van der Waals surface area contributed by atoms with Gasteiger partial charge in [0.05, 0.1) is 13.2 Å². The SMILES string of the molecule is CC.CC.NCCCC1CCC2(CC1)COC(CCCN)OC2. The molecule has 2 fully saturated rings. The fraction of sp³-hybridized carbons (Fsp3) is 1.00. The van der Waals surface area contributed by atoms with Crippen LogP contribution in [-0.2, 0) is 9.47 Å². The molecule has 0 amide bonds. The van der Waals surface area contributed by atoms with Crippen molar-refractivity contribution in [2.24, 2.45) is 22.8 Å². The lowest BCUT2D eigenvalue weighted by Crippen LogP contribution is -2.44. The lowest BCUT2D eigenvalue weighted by atomic mass is 9.70. The van der Waals surface area contributed by atoms with Gasteiger partial charge in [0.2, 0.25) is 0 Å². The highest BCUT2D eigenvalue weighted by Gasteiger charge is 2.39. The summed E-state index contributed by atoms with van der Waals surface area (Å²) in [5, 5.41) is 0. The van der Waals surface area contributed by atoms with Crippen LogP contribution in [0.2, 0.25) is 0 Å². The van der Waals surface area contributed by atoms with Crippen LogP contribution in [0.1, 0.15) is 79.1 Å². The van der Waals surface area contributed by atoms with E-state index in [0.29, 0.717) is 5.41 Å². The van der Waals surface area contributed by atoms with Crippen molar-refractivity contribution in [2.75, 3.05) is 26.3 Å². The second-order valence-corrected chi connectivity index (χ2v) is 6.36. The van der Waals surface area contributed by atoms with Gasteiger partial charge in [-0.1, -0.05) is 27.7 Å². The predicted molar refractivity (Wildman–Crippen MR) is 99.4 cm³/mol. The Balaban J connectivity index is 0.00000112. The molecule has 0 aromatic rings. The monoisotopic (exact) mass is 330 g/mol. The molecule has 0 atom stereocenters. The third-order valence-electron chi connectivity index (χ3n) is 4.78. The molecular weight excluding hydrogens is 288 g/mol. The quantitative estimate of drug-likeness (QED) is 0.770. The van der Waals surface area contributed by atoms with Crippen LogP contribution in [0, 0.1) is 11.3 Å². The van der Waals surface area contributed by atoms with E-state index in [4.69, 9.17) is 20.9 Å². The van der Waals surface area contributed by atoms with Crippen molar-refractivity contribution in [3.63, 3.8) is 0 Å². The van der Waals surface area contributed by atoms with E-state index < -0.39 is 0 Å². The summed E-state index contributed by atoms with van der Waals surface area (Å²) in [6.45, 7) is 11.3. The molecule has 0 aromatic heterocycles. The van der Waals surface area contributed by atoms with Gasteiger partial charge < -0.3 is 20.9 Å². The molecule has 4 nitrogen and oxygen atoms in total. The van der Waals surface area contributed by atoms with E-state index in [0.717, 1.165) is 45.1 Å². The second-order valence-electron chi connectivity index (χ2n) is 6.36. The summed E-state index contributed by atoms with van der Waals surface area (Å²) in [5.74, 6) is 0.879. The van der Waals surface area contributed by atoms with Gasteiger partial charge in [-0.3, -0.25) is 0 Å². The molecule has 1 spiro atoms. The zero-order valence-electron chi connectivity index (χ0n) is 16.1. The van der Waals surface area contributed by atoms with Crippen molar-refractivity contribution in [1.29, 1.82) is 0 Å². The molecule has 1 aliphatic heterocycles. The van der Waals surface area contributed by atoms with E-state index in [2.05, 4.69) is 0 Å². The highest BCUT2D eigenvalue weighted by molar-refractivity contribution is 4.87. The van der Waals surface area contributed by atoms with E-state index >= 15 is 0 Å². The van der Waals surface area contributed by atoms with Gasteiger partial charge in [-0.25, -0.2) is 0 Å². The molecule has 0 aromatic carbocycles. The average Bonchev–Trinajstić information content (AvgIpc) is 2.64. The summed E-state index contributed by atoms with van der Waals surface area (Å²) in [7, 11) is 0. The molecule has 2 rings (SSSR count). The van der Waals surface area contributed by atoms with E-state index in [-0.39, 0.29) is 6.29 Å². The van der Waals surface area contributed by atoms with E-state index in [9.17, 15) is 0 Å². The Kier molecular flexibility index (Phi) is 14.1. The molecule has 0 unspecified atom stereocenters. The van der Waals surface area contributed by atoms with Crippen LogP contribution >= 0.6 is 0 Å². The van der Waals surface area contributed by atoms with Crippen molar-refractivity contribution < 1.29 is 9.47 Å². The largest absolute Gasteiger partial charge is 0.352 e. The van der Waals surface area contributed by atoms with Crippen LogP contribution in [0.5, 0.6) is 0 Å². The molecule has 2 aliphatic rings. The first kappa shape index (κ1) is 22.8. The number of rotatable bonds is 6. The Morgan fingerprint density at radius 2 is 1.30 bits per heavy atom. The minimum Gasteiger partial charge on any atom is -0.352 e. The highest BCUT2D eigenvalue weighted by Crippen LogP contribution is 2.43. The van der Waals surface area contributed by atoms with Gasteiger partial charge in [0.25, 0.3) is 0 Å². The summed E-state index contributed by atoms with van der Waals surface area (Å²) in [4.78, 5) is 0. The molecular formula is C19H42N2O2. The van der Waals surface area contributed by atoms with E-state index in [1.165, 1.54) is 38.5 Å². The molecule has 1 aliphatic carbocycles. The second kappa shape index (κ2) is 14.2. The normalized spacial score (nSPS) is 30.0. The highest BCUT2D eigenvalue weighted by atomic mass is 16.7. The Hall–Kier alpha value is -0.160. The first-order chi connectivity index (χ1) is 11.3. The number of ether oxygens (including phenoxy) is 2. The summed E-state index contributed by atoms with van der Waals surface area (Å²) in [5.41, 5.74) is 11.4. The Labute approximate surface area is 144 Å². The van der Waals surface area contributed by atoms with Crippen LogP contribution in [0.15, 0.2) is 0 Å². The van der Waals surface area contributed by atoms with Crippen molar-refractivity contribution in [3.8, 4) is 0 Å². The minimum absolute atomic E-state index is 0.0101. The lowest BCUT2D eigenvalue weighted by molar-refractivity contribution is -0.239. The summed E-state index contributed by atoms with van der Waals surface area (Å²) in [6, 6.07) is 0. The summed E-state index contributed by atoms with van der Waals surface area (Å²) in [6.07, 6.45) is 9.53. The molecule has 1 saturated heterocycles.